The second kappa shape index (κ2) is 6.83. The lowest BCUT2D eigenvalue weighted by Crippen LogP contribution is -2.21. The number of sulfone groups is 1. The monoisotopic (exact) mass is 376 g/mol. The molecule has 1 saturated heterocycles. The van der Waals surface area contributed by atoms with Crippen molar-refractivity contribution in [2.24, 2.45) is 0 Å². The summed E-state index contributed by atoms with van der Waals surface area (Å²) in [6.45, 7) is 6.11. The van der Waals surface area contributed by atoms with Crippen LogP contribution >= 0.6 is 0 Å². The molecule has 3 heterocycles. The fourth-order valence-corrected chi connectivity index (χ4v) is 4.67. The number of pyridine rings is 1. The zero-order chi connectivity index (χ0) is 18.9. The molecule has 0 spiro atoms. The molecule has 1 aliphatic heterocycles. The quantitative estimate of drug-likeness (QED) is 0.882. The first-order valence-electron chi connectivity index (χ1n) is 8.63. The summed E-state index contributed by atoms with van der Waals surface area (Å²) < 4.78 is 25.4. The molecule has 0 radical (unpaired) electrons. The van der Waals surface area contributed by atoms with E-state index in [4.69, 9.17) is 0 Å². The Balaban J connectivity index is 1.85. The van der Waals surface area contributed by atoms with Crippen LogP contribution < -0.4 is 5.32 Å². The molecule has 0 saturated carbocycles. The maximum atomic E-state index is 12.4. The van der Waals surface area contributed by atoms with Crippen molar-refractivity contribution < 1.29 is 13.2 Å². The van der Waals surface area contributed by atoms with Crippen molar-refractivity contribution in [2.75, 3.05) is 16.8 Å². The molecule has 0 aliphatic carbocycles. The summed E-state index contributed by atoms with van der Waals surface area (Å²) in [7, 11) is -3.04. The molecule has 7 nitrogen and oxygen atoms in total. The fourth-order valence-electron chi connectivity index (χ4n) is 2.97. The van der Waals surface area contributed by atoms with Gasteiger partial charge in [0.05, 0.1) is 29.7 Å². The van der Waals surface area contributed by atoms with Crippen molar-refractivity contribution in [1.82, 2.24) is 14.8 Å². The van der Waals surface area contributed by atoms with Gasteiger partial charge in [0.25, 0.3) is 0 Å². The van der Waals surface area contributed by atoms with Gasteiger partial charge in [-0.2, -0.15) is 5.10 Å². The highest BCUT2D eigenvalue weighted by molar-refractivity contribution is 7.91. The van der Waals surface area contributed by atoms with Crippen LogP contribution in [0.4, 0.5) is 5.82 Å². The van der Waals surface area contributed by atoms with Crippen molar-refractivity contribution >= 4 is 21.6 Å². The number of rotatable bonds is 4. The Hall–Kier alpha value is -2.22. The van der Waals surface area contributed by atoms with Crippen molar-refractivity contribution in [3.63, 3.8) is 0 Å². The third-order valence-electron chi connectivity index (χ3n) is 4.44. The van der Waals surface area contributed by atoms with Crippen LogP contribution in [0, 0.1) is 0 Å². The minimum Gasteiger partial charge on any atom is -0.311 e. The van der Waals surface area contributed by atoms with Crippen LogP contribution in [0.5, 0.6) is 0 Å². The van der Waals surface area contributed by atoms with Gasteiger partial charge in [-0.25, -0.2) is 13.1 Å². The zero-order valence-corrected chi connectivity index (χ0v) is 16.1. The standard InChI is InChI=1S/C18H24N4O3S/c1-18(2,3)15-11-16(20-17(23)10-13-4-7-19-8-5-13)22(21-15)14-6-9-26(24,25)12-14/h4-5,7-8,11,14H,6,9-10,12H2,1-3H3,(H,20,23)/t14-/m0/s1. The summed E-state index contributed by atoms with van der Waals surface area (Å²) in [5, 5.41) is 7.52. The summed E-state index contributed by atoms with van der Waals surface area (Å²) in [5.41, 5.74) is 1.48. The molecule has 1 atom stereocenters. The Morgan fingerprint density at radius 3 is 2.58 bits per heavy atom. The lowest BCUT2D eigenvalue weighted by molar-refractivity contribution is -0.115. The second-order valence-electron chi connectivity index (χ2n) is 7.75. The number of nitrogens with one attached hydrogen (secondary N) is 1. The van der Waals surface area contributed by atoms with Gasteiger partial charge in [0.15, 0.2) is 9.84 Å². The Morgan fingerprint density at radius 1 is 1.31 bits per heavy atom. The molecule has 0 aromatic carbocycles. The van der Waals surface area contributed by atoms with Gasteiger partial charge >= 0.3 is 0 Å². The SMILES string of the molecule is CC(C)(C)c1cc(NC(=O)Cc2ccncc2)n([C@H]2CCS(=O)(=O)C2)n1. The Kier molecular flexibility index (Phi) is 4.88. The van der Waals surface area contributed by atoms with Crippen LogP contribution in [0.25, 0.3) is 0 Å². The first kappa shape index (κ1) is 18.6. The molecule has 1 fully saturated rings. The number of carbonyl (C=O) groups excluding carboxylic acids is 1. The maximum absolute atomic E-state index is 12.4. The number of amides is 1. The highest BCUT2D eigenvalue weighted by atomic mass is 32.2. The third-order valence-corrected chi connectivity index (χ3v) is 6.19. The van der Waals surface area contributed by atoms with Gasteiger partial charge in [-0.3, -0.25) is 9.78 Å². The van der Waals surface area contributed by atoms with E-state index in [1.807, 2.05) is 26.8 Å². The van der Waals surface area contributed by atoms with Crippen molar-refractivity contribution in [2.45, 2.75) is 45.1 Å². The van der Waals surface area contributed by atoms with E-state index in [-0.39, 0.29) is 35.3 Å². The first-order valence-corrected chi connectivity index (χ1v) is 10.5. The van der Waals surface area contributed by atoms with E-state index in [1.54, 1.807) is 29.2 Å². The minimum absolute atomic E-state index is 0.0610. The number of anilines is 1. The zero-order valence-electron chi connectivity index (χ0n) is 15.3. The van der Waals surface area contributed by atoms with E-state index in [0.717, 1.165) is 11.3 Å². The fraction of sp³-hybridized carbons (Fsp3) is 0.500. The summed E-state index contributed by atoms with van der Waals surface area (Å²) in [4.78, 5) is 16.4. The van der Waals surface area contributed by atoms with Crippen LogP contribution in [0.3, 0.4) is 0 Å². The van der Waals surface area contributed by atoms with E-state index in [0.29, 0.717) is 12.2 Å². The summed E-state index contributed by atoms with van der Waals surface area (Å²) >= 11 is 0. The van der Waals surface area contributed by atoms with Crippen LogP contribution in [0.1, 0.15) is 44.5 Å². The molecule has 8 heteroatoms. The predicted molar refractivity (Wildman–Crippen MR) is 99.8 cm³/mol. The molecule has 2 aromatic rings. The van der Waals surface area contributed by atoms with Crippen molar-refractivity contribution in [3.05, 3.63) is 41.9 Å². The molecule has 0 unspecified atom stereocenters. The van der Waals surface area contributed by atoms with E-state index in [1.165, 1.54) is 0 Å². The average molecular weight is 376 g/mol. The summed E-state index contributed by atoms with van der Waals surface area (Å²) in [6, 6.07) is 5.18. The molecule has 1 aliphatic rings. The molecular formula is C18H24N4O3S. The Labute approximate surface area is 153 Å². The molecule has 1 N–H and O–H groups in total. The molecular weight excluding hydrogens is 352 g/mol. The van der Waals surface area contributed by atoms with Gasteiger partial charge in [0, 0.05) is 23.9 Å². The largest absolute Gasteiger partial charge is 0.311 e. The highest BCUT2D eigenvalue weighted by Gasteiger charge is 2.32. The van der Waals surface area contributed by atoms with Gasteiger partial charge in [0.2, 0.25) is 5.91 Å². The maximum Gasteiger partial charge on any atom is 0.229 e. The van der Waals surface area contributed by atoms with Crippen molar-refractivity contribution in [1.29, 1.82) is 0 Å². The van der Waals surface area contributed by atoms with Crippen molar-refractivity contribution in [3.8, 4) is 0 Å². The first-order chi connectivity index (χ1) is 12.1. The third kappa shape index (κ3) is 4.30. The molecule has 3 rings (SSSR count). The summed E-state index contributed by atoms with van der Waals surface area (Å²) in [6.07, 6.45) is 4.03. The minimum atomic E-state index is -3.04. The van der Waals surface area contributed by atoms with Crippen LogP contribution in [-0.4, -0.2) is 40.6 Å². The molecule has 2 aromatic heterocycles. The smallest absolute Gasteiger partial charge is 0.229 e. The van der Waals surface area contributed by atoms with E-state index < -0.39 is 9.84 Å². The van der Waals surface area contributed by atoms with E-state index in [2.05, 4.69) is 15.4 Å². The summed E-state index contributed by atoms with van der Waals surface area (Å²) in [5.74, 6) is 0.605. The lowest BCUT2D eigenvalue weighted by Gasteiger charge is -2.15. The van der Waals surface area contributed by atoms with Crippen LogP contribution in [-0.2, 0) is 26.5 Å². The average Bonchev–Trinajstić information content (AvgIpc) is 3.11. The van der Waals surface area contributed by atoms with Gasteiger partial charge in [0.1, 0.15) is 5.82 Å². The molecule has 140 valence electrons. The number of aromatic nitrogens is 3. The number of carbonyl (C=O) groups is 1. The second-order valence-corrected chi connectivity index (χ2v) is 9.98. The topological polar surface area (TPSA) is 94.0 Å². The Morgan fingerprint density at radius 2 is 2.00 bits per heavy atom. The van der Waals surface area contributed by atoms with E-state index >= 15 is 0 Å². The molecule has 0 bridgehead atoms. The normalized spacial score (nSPS) is 19.4. The van der Waals surface area contributed by atoms with E-state index in [9.17, 15) is 13.2 Å². The number of hydrogen-bond donors (Lipinski definition) is 1. The number of hydrogen-bond acceptors (Lipinski definition) is 5. The van der Waals surface area contributed by atoms with Gasteiger partial charge in [-0.1, -0.05) is 20.8 Å². The van der Waals surface area contributed by atoms with Gasteiger partial charge in [-0.15, -0.1) is 0 Å². The molecule has 1 amide bonds. The van der Waals surface area contributed by atoms with Crippen LogP contribution in [0.15, 0.2) is 30.6 Å². The highest BCUT2D eigenvalue weighted by Crippen LogP contribution is 2.30. The van der Waals surface area contributed by atoms with Gasteiger partial charge < -0.3 is 5.32 Å². The number of nitrogens with zero attached hydrogens (tertiary/aromatic N) is 3. The van der Waals surface area contributed by atoms with Gasteiger partial charge in [-0.05, 0) is 24.1 Å². The van der Waals surface area contributed by atoms with Crippen LogP contribution in [0.2, 0.25) is 0 Å². The lowest BCUT2D eigenvalue weighted by atomic mass is 9.92. The Bertz CT molecular complexity index is 898. The molecule has 26 heavy (non-hydrogen) atoms. The predicted octanol–water partition coefficient (Wildman–Crippen LogP) is 2.12.